The quantitative estimate of drug-likeness (QED) is 0.337. The molecule has 30 heavy (non-hydrogen) atoms. The number of carbonyl (C=O) groups is 1. The second-order valence-electron chi connectivity index (χ2n) is 6.78. The summed E-state index contributed by atoms with van der Waals surface area (Å²) in [5.74, 6) is 2.60. The van der Waals surface area contributed by atoms with Crippen molar-refractivity contribution in [1.82, 2.24) is 14.8 Å². The molecule has 3 aromatic rings. The van der Waals surface area contributed by atoms with E-state index in [9.17, 15) is 4.79 Å². The first-order valence-corrected chi connectivity index (χ1v) is 11.0. The molecule has 158 valence electrons. The number of aryl methyl sites for hydroxylation is 1. The number of ether oxygens (including phenoxy) is 2. The van der Waals surface area contributed by atoms with Crippen LogP contribution in [0.15, 0.2) is 53.7 Å². The number of carbonyl (C=O) groups excluding carboxylic acids is 1. The number of hydrogen-bond donors (Lipinski definition) is 0. The molecule has 0 radical (unpaired) electrons. The lowest BCUT2D eigenvalue weighted by Gasteiger charge is -2.15. The molecule has 3 rings (SSSR count). The molecule has 0 spiro atoms. The molecular formula is C23H27N3O3S. The number of thioether (sulfide) groups is 1. The lowest BCUT2D eigenvalue weighted by molar-refractivity contribution is 0.102. The largest absolute Gasteiger partial charge is 0.497 e. The van der Waals surface area contributed by atoms with Gasteiger partial charge >= 0.3 is 0 Å². The van der Waals surface area contributed by atoms with Crippen LogP contribution in [-0.4, -0.2) is 33.4 Å². The summed E-state index contributed by atoms with van der Waals surface area (Å²) in [5, 5.41) is 9.34. The van der Waals surface area contributed by atoms with Gasteiger partial charge in [0, 0.05) is 12.1 Å². The van der Waals surface area contributed by atoms with Crippen LogP contribution >= 0.6 is 11.8 Å². The number of aromatic nitrogens is 3. The summed E-state index contributed by atoms with van der Waals surface area (Å²) in [6, 6.07) is 15.2. The van der Waals surface area contributed by atoms with E-state index >= 15 is 0 Å². The molecule has 1 atom stereocenters. The van der Waals surface area contributed by atoms with Gasteiger partial charge in [-0.1, -0.05) is 30.8 Å². The van der Waals surface area contributed by atoms with Crippen molar-refractivity contribution in [3.8, 4) is 11.5 Å². The molecule has 1 unspecified atom stereocenters. The highest BCUT2D eigenvalue weighted by Crippen LogP contribution is 2.25. The SMILES string of the molecule is CCc1ccc(OC(C)c2nnc(SCC(=O)c3ccc(OC)cc3)n2CC)cc1. The Kier molecular flexibility index (Phi) is 7.52. The van der Waals surface area contributed by atoms with Gasteiger partial charge in [0.2, 0.25) is 0 Å². The molecule has 0 bridgehead atoms. The Bertz CT molecular complexity index is 968. The van der Waals surface area contributed by atoms with Crippen LogP contribution in [0.1, 0.15) is 48.6 Å². The topological polar surface area (TPSA) is 66.2 Å². The summed E-state index contributed by atoms with van der Waals surface area (Å²) in [7, 11) is 1.60. The lowest BCUT2D eigenvalue weighted by atomic mass is 10.1. The second kappa shape index (κ2) is 10.3. The zero-order chi connectivity index (χ0) is 21.5. The predicted molar refractivity (Wildman–Crippen MR) is 119 cm³/mol. The van der Waals surface area contributed by atoms with E-state index < -0.39 is 0 Å². The standard InChI is InChI=1S/C23H27N3O3S/c1-5-17-7-11-20(12-8-17)29-16(3)22-24-25-23(26(22)6-2)30-15-21(27)18-9-13-19(28-4)14-10-18/h7-14,16H,5-6,15H2,1-4H3. The summed E-state index contributed by atoms with van der Waals surface area (Å²) in [4.78, 5) is 12.5. The molecule has 0 saturated heterocycles. The summed E-state index contributed by atoms with van der Waals surface area (Å²) in [5.41, 5.74) is 1.92. The molecule has 7 heteroatoms. The van der Waals surface area contributed by atoms with Crippen molar-refractivity contribution in [2.24, 2.45) is 0 Å². The van der Waals surface area contributed by atoms with Crippen LogP contribution in [0.3, 0.4) is 0 Å². The van der Waals surface area contributed by atoms with Gasteiger partial charge in [0.25, 0.3) is 0 Å². The van der Waals surface area contributed by atoms with E-state index in [2.05, 4.69) is 29.3 Å². The minimum absolute atomic E-state index is 0.0372. The van der Waals surface area contributed by atoms with E-state index in [4.69, 9.17) is 9.47 Å². The molecule has 1 aromatic heterocycles. The van der Waals surface area contributed by atoms with E-state index in [1.165, 1.54) is 17.3 Å². The number of ketones is 1. The highest BCUT2D eigenvalue weighted by Gasteiger charge is 2.19. The lowest BCUT2D eigenvalue weighted by Crippen LogP contribution is -2.12. The third-order valence-electron chi connectivity index (χ3n) is 4.81. The Morgan fingerprint density at radius 2 is 1.70 bits per heavy atom. The van der Waals surface area contributed by atoms with Crippen LogP contribution in [0.25, 0.3) is 0 Å². The normalized spacial score (nSPS) is 11.9. The zero-order valence-corrected chi connectivity index (χ0v) is 18.6. The van der Waals surface area contributed by atoms with Gasteiger partial charge in [0.05, 0.1) is 12.9 Å². The van der Waals surface area contributed by atoms with Gasteiger partial charge < -0.3 is 14.0 Å². The molecule has 0 N–H and O–H groups in total. The van der Waals surface area contributed by atoms with Crippen LogP contribution in [0, 0.1) is 0 Å². The number of rotatable bonds is 10. The Balaban J connectivity index is 1.65. The fourth-order valence-corrected chi connectivity index (χ4v) is 3.96. The van der Waals surface area contributed by atoms with Crippen LogP contribution in [-0.2, 0) is 13.0 Å². The highest BCUT2D eigenvalue weighted by atomic mass is 32.2. The van der Waals surface area contributed by atoms with Crippen molar-refractivity contribution in [3.05, 3.63) is 65.5 Å². The predicted octanol–water partition coefficient (Wildman–Crippen LogP) is 4.98. The van der Waals surface area contributed by atoms with Crippen molar-refractivity contribution in [2.75, 3.05) is 12.9 Å². The number of Topliss-reactive ketones (excluding diaryl/α,β-unsaturated/α-hetero) is 1. The summed E-state index contributed by atoms with van der Waals surface area (Å²) >= 11 is 1.39. The Morgan fingerprint density at radius 1 is 1.03 bits per heavy atom. The monoisotopic (exact) mass is 425 g/mol. The fourth-order valence-electron chi connectivity index (χ4n) is 3.06. The van der Waals surface area contributed by atoms with Crippen LogP contribution in [0.5, 0.6) is 11.5 Å². The minimum atomic E-state index is -0.253. The molecule has 1 heterocycles. The number of nitrogens with zero attached hydrogens (tertiary/aromatic N) is 3. The Hall–Kier alpha value is -2.80. The first kappa shape index (κ1) is 21.9. The summed E-state index contributed by atoms with van der Waals surface area (Å²) < 4.78 is 13.2. The summed E-state index contributed by atoms with van der Waals surface area (Å²) in [6.07, 6.45) is 0.743. The smallest absolute Gasteiger partial charge is 0.191 e. The minimum Gasteiger partial charge on any atom is -0.497 e. The summed E-state index contributed by atoms with van der Waals surface area (Å²) in [6.45, 7) is 6.82. The number of methoxy groups -OCH3 is 1. The average Bonchev–Trinajstić information content (AvgIpc) is 3.21. The Morgan fingerprint density at radius 3 is 2.30 bits per heavy atom. The molecule has 0 aliphatic heterocycles. The van der Waals surface area contributed by atoms with Gasteiger partial charge in [-0.25, -0.2) is 0 Å². The van der Waals surface area contributed by atoms with Crippen LogP contribution in [0.2, 0.25) is 0 Å². The van der Waals surface area contributed by atoms with E-state index in [0.717, 1.165) is 23.7 Å². The van der Waals surface area contributed by atoms with Crippen molar-refractivity contribution < 1.29 is 14.3 Å². The average molecular weight is 426 g/mol. The first-order chi connectivity index (χ1) is 14.5. The first-order valence-electron chi connectivity index (χ1n) is 10.0. The molecule has 2 aromatic carbocycles. The van der Waals surface area contributed by atoms with Crippen molar-refractivity contribution in [3.63, 3.8) is 0 Å². The maximum atomic E-state index is 12.5. The van der Waals surface area contributed by atoms with E-state index in [0.29, 0.717) is 17.3 Å². The number of benzene rings is 2. The maximum Gasteiger partial charge on any atom is 0.191 e. The van der Waals surface area contributed by atoms with Gasteiger partial charge in [0.1, 0.15) is 11.5 Å². The molecule has 0 aliphatic rings. The van der Waals surface area contributed by atoms with Gasteiger partial charge in [-0.15, -0.1) is 10.2 Å². The molecule has 0 amide bonds. The third kappa shape index (κ3) is 5.21. The van der Waals surface area contributed by atoms with Crippen molar-refractivity contribution >= 4 is 17.5 Å². The maximum absolute atomic E-state index is 12.5. The third-order valence-corrected chi connectivity index (χ3v) is 5.78. The molecule has 0 fully saturated rings. The Labute approximate surface area is 181 Å². The van der Waals surface area contributed by atoms with Crippen LogP contribution < -0.4 is 9.47 Å². The molecule has 6 nitrogen and oxygen atoms in total. The highest BCUT2D eigenvalue weighted by molar-refractivity contribution is 7.99. The van der Waals surface area contributed by atoms with E-state index in [1.807, 2.05) is 30.5 Å². The molecule has 0 aliphatic carbocycles. The van der Waals surface area contributed by atoms with Crippen LogP contribution in [0.4, 0.5) is 0 Å². The van der Waals surface area contributed by atoms with Crippen molar-refractivity contribution in [1.29, 1.82) is 0 Å². The second-order valence-corrected chi connectivity index (χ2v) is 7.73. The van der Waals surface area contributed by atoms with Gasteiger partial charge in [-0.2, -0.15) is 0 Å². The van der Waals surface area contributed by atoms with E-state index in [-0.39, 0.29) is 17.6 Å². The van der Waals surface area contributed by atoms with Gasteiger partial charge in [-0.05, 0) is 62.2 Å². The van der Waals surface area contributed by atoms with Crippen molar-refractivity contribution in [2.45, 2.75) is 45.0 Å². The van der Waals surface area contributed by atoms with Gasteiger partial charge in [0.15, 0.2) is 22.9 Å². The molecular weight excluding hydrogens is 398 g/mol. The van der Waals surface area contributed by atoms with Gasteiger partial charge in [-0.3, -0.25) is 4.79 Å². The zero-order valence-electron chi connectivity index (χ0n) is 17.8. The number of hydrogen-bond acceptors (Lipinski definition) is 6. The van der Waals surface area contributed by atoms with E-state index in [1.54, 1.807) is 31.4 Å². The fraction of sp³-hybridized carbons (Fsp3) is 0.348. The molecule has 0 saturated carbocycles.